The molecular weight excluding hydrogens is 244 g/mol. The molecule has 1 saturated heterocycles. The molecule has 1 unspecified atom stereocenters. The van der Waals surface area contributed by atoms with Gasteiger partial charge >= 0.3 is 0 Å². The maximum absolute atomic E-state index is 3.77. The fraction of sp³-hybridized carbons (Fsp3) is 0.667. The summed E-state index contributed by atoms with van der Waals surface area (Å²) in [5.74, 6) is 0.847. The molecule has 0 aromatic heterocycles. The summed E-state index contributed by atoms with van der Waals surface area (Å²) in [4.78, 5) is 2.44. The second-order valence-corrected chi connectivity index (χ2v) is 6.69. The molecule has 20 heavy (non-hydrogen) atoms. The molecule has 1 aliphatic rings. The quantitative estimate of drug-likeness (QED) is 0.902. The van der Waals surface area contributed by atoms with Gasteiger partial charge in [0.1, 0.15) is 0 Å². The summed E-state index contributed by atoms with van der Waals surface area (Å²) in [6.45, 7) is 12.6. The fourth-order valence-corrected chi connectivity index (χ4v) is 3.59. The van der Waals surface area contributed by atoms with Gasteiger partial charge in [-0.1, -0.05) is 17.7 Å². The standard InChI is InChI=1S/C18H30N2/c1-13-10-14(2)18(15(3)11-13)16(4)19-12-17-6-8-20(5)9-7-17/h10-11,16-17,19H,6-9,12H2,1-5H3. The first-order valence-corrected chi connectivity index (χ1v) is 7.97. The van der Waals surface area contributed by atoms with Gasteiger partial charge in [-0.25, -0.2) is 0 Å². The molecule has 1 atom stereocenters. The van der Waals surface area contributed by atoms with Crippen molar-refractivity contribution in [3.8, 4) is 0 Å². The molecule has 0 radical (unpaired) electrons. The first-order valence-electron chi connectivity index (χ1n) is 7.97. The minimum atomic E-state index is 0.454. The van der Waals surface area contributed by atoms with Gasteiger partial charge in [-0.15, -0.1) is 0 Å². The zero-order chi connectivity index (χ0) is 14.7. The highest BCUT2D eigenvalue weighted by atomic mass is 15.1. The van der Waals surface area contributed by atoms with Gasteiger partial charge in [-0.2, -0.15) is 0 Å². The Morgan fingerprint density at radius 1 is 1.15 bits per heavy atom. The maximum Gasteiger partial charge on any atom is 0.0297 e. The summed E-state index contributed by atoms with van der Waals surface area (Å²) in [5, 5.41) is 3.77. The van der Waals surface area contributed by atoms with Crippen LogP contribution in [0.25, 0.3) is 0 Å². The number of hydrogen-bond donors (Lipinski definition) is 1. The number of likely N-dealkylation sites (tertiary alicyclic amines) is 1. The summed E-state index contributed by atoms with van der Waals surface area (Å²) >= 11 is 0. The van der Waals surface area contributed by atoms with Crippen LogP contribution >= 0.6 is 0 Å². The lowest BCUT2D eigenvalue weighted by Gasteiger charge is -2.30. The summed E-state index contributed by atoms with van der Waals surface area (Å²) in [6, 6.07) is 5.06. The predicted molar refractivity (Wildman–Crippen MR) is 87.3 cm³/mol. The maximum atomic E-state index is 3.77. The first-order chi connectivity index (χ1) is 9.47. The number of aryl methyl sites for hydroxylation is 3. The van der Waals surface area contributed by atoms with Crippen LogP contribution in [0.3, 0.4) is 0 Å². The van der Waals surface area contributed by atoms with Crippen molar-refractivity contribution in [3.63, 3.8) is 0 Å². The van der Waals surface area contributed by atoms with Crippen molar-refractivity contribution in [1.82, 2.24) is 10.2 Å². The van der Waals surface area contributed by atoms with Gasteiger partial charge in [-0.05, 0) is 89.8 Å². The Bertz CT molecular complexity index is 422. The van der Waals surface area contributed by atoms with E-state index in [1.165, 1.54) is 48.2 Å². The molecule has 1 aromatic rings. The van der Waals surface area contributed by atoms with E-state index < -0.39 is 0 Å². The van der Waals surface area contributed by atoms with Crippen molar-refractivity contribution in [1.29, 1.82) is 0 Å². The summed E-state index contributed by atoms with van der Waals surface area (Å²) < 4.78 is 0. The van der Waals surface area contributed by atoms with Crippen molar-refractivity contribution in [3.05, 3.63) is 34.4 Å². The van der Waals surface area contributed by atoms with Crippen molar-refractivity contribution < 1.29 is 0 Å². The highest BCUT2D eigenvalue weighted by molar-refractivity contribution is 5.39. The fourth-order valence-electron chi connectivity index (χ4n) is 3.59. The smallest absolute Gasteiger partial charge is 0.0297 e. The van der Waals surface area contributed by atoms with Crippen LogP contribution in [0.1, 0.15) is 48.1 Å². The lowest BCUT2D eigenvalue weighted by molar-refractivity contribution is 0.213. The van der Waals surface area contributed by atoms with Gasteiger partial charge in [0.2, 0.25) is 0 Å². The molecule has 2 heteroatoms. The van der Waals surface area contributed by atoms with Crippen LogP contribution in [0.5, 0.6) is 0 Å². The third-order valence-corrected chi connectivity index (χ3v) is 4.72. The topological polar surface area (TPSA) is 15.3 Å². The van der Waals surface area contributed by atoms with Gasteiger partial charge in [0.05, 0.1) is 0 Å². The Hall–Kier alpha value is -0.860. The summed E-state index contributed by atoms with van der Waals surface area (Å²) in [7, 11) is 2.23. The molecule has 0 bridgehead atoms. The third-order valence-electron chi connectivity index (χ3n) is 4.72. The zero-order valence-corrected chi connectivity index (χ0v) is 13.8. The minimum absolute atomic E-state index is 0.454. The highest BCUT2D eigenvalue weighted by Gasteiger charge is 2.18. The normalized spacial score (nSPS) is 19.2. The van der Waals surface area contributed by atoms with Gasteiger partial charge in [0, 0.05) is 6.04 Å². The molecule has 1 aromatic carbocycles. The van der Waals surface area contributed by atoms with Gasteiger partial charge in [0.25, 0.3) is 0 Å². The van der Waals surface area contributed by atoms with Crippen molar-refractivity contribution in [2.45, 2.75) is 46.6 Å². The van der Waals surface area contributed by atoms with E-state index >= 15 is 0 Å². The summed E-state index contributed by atoms with van der Waals surface area (Å²) in [5.41, 5.74) is 5.70. The number of benzene rings is 1. The molecule has 1 N–H and O–H groups in total. The molecule has 1 aliphatic heterocycles. The van der Waals surface area contributed by atoms with E-state index in [4.69, 9.17) is 0 Å². The van der Waals surface area contributed by atoms with Crippen LogP contribution in [0.4, 0.5) is 0 Å². The molecule has 0 saturated carbocycles. The van der Waals surface area contributed by atoms with Crippen molar-refractivity contribution in [2.24, 2.45) is 5.92 Å². The Morgan fingerprint density at radius 3 is 2.25 bits per heavy atom. The number of rotatable bonds is 4. The van der Waals surface area contributed by atoms with Crippen LogP contribution in [0, 0.1) is 26.7 Å². The predicted octanol–water partition coefficient (Wildman–Crippen LogP) is 3.60. The average molecular weight is 274 g/mol. The van der Waals surface area contributed by atoms with Crippen LogP contribution < -0.4 is 5.32 Å². The molecule has 2 rings (SSSR count). The van der Waals surface area contributed by atoms with E-state index in [0.29, 0.717) is 6.04 Å². The SMILES string of the molecule is Cc1cc(C)c(C(C)NCC2CCN(C)CC2)c(C)c1. The Kier molecular flexibility index (Phi) is 5.22. The molecule has 1 heterocycles. The second-order valence-electron chi connectivity index (χ2n) is 6.69. The molecule has 2 nitrogen and oxygen atoms in total. The second kappa shape index (κ2) is 6.73. The van der Waals surface area contributed by atoms with E-state index in [1.807, 2.05) is 0 Å². The van der Waals surface area contributed by atoms with E-state index in [-0.39, 0.29) is 0 Å². The first kappa shape index (κ1) is 15.5. The van der Waals surface area contributed by atoms with E-state index in [0.717, 1.165) is 12.5 Å². The molecule has 0 aliphatic carbocycles. The Labute approximate surface area is 124 Å². The highest BCUT2D eigenvalue weighted by Crippen LogP contribution is 2.24. The van der Waals surface area contributed by atoms with E-state index in [1.54, 1.807) is 0 Å². The lowest BCUT2D eigenvalue weighted by atomic mass is 9.93. The molecule has 0 spiro atoms. The number of hydrogen-bond acceptors (Lipinski definition) is 2. The van der Waals surface area contributed by atoms with Crippen molar-refractivity contribution in [2.75, 3.05) is 26.7 Å². The molecule has 1 fully saturated rings. The molecule has 112 valence electrons. The number of piperidine rings is 1. The van der Waals surface area contributed by atoms with Gasteiger partial charge < -0.3 is 10.2 Å². The van der Waals surface area contributed by atoms with E-state index in [2.05, 4.69) is 57.1 Å². The van der Waals surface area contributed by atoms with Crippen molar-refractivity contribution >= 4 is 0 Å². The largest absolute Gasteiger partial charge is 0.310 e. The average Bonchev–Trinajstić information content (AvgIpc) is 2.37. The molecule has 0 amide bonds. The zero-order valence-electron chi connectivity index (χ0n) is 13.8. The lowest BCUT2D eigenvalue weighted by Crippen LogP contribution is -2.35. The van der Waals surface area contributed by atoms with Crippen LogP contribution in [0.2, 0.25) is 0 Å². The van der Waals surface area contributed by atoms with Gasteiger partial charge in [0.15, 0.2) is 0 Å². The van der Waals surface area contributed by atoms with E-state index in [9.17, 15) is 0 Å². The van der Waals surface area contributed by atoms with Gasteiger partial charge in [-0.3, -0.25) is 0 Å². The van der Waals surface area contributed by atoms with Crippen LogP contribution in [-0.4, -0.2) is 31.6 Å². The summed E-state index contributed by atoms with van der Waals surface area (Å²) in [6.07, 6.45) is 2.67. The Morgan fingerprint density at radius 2 is 1.70 bits per heavy atom. The van der Waals surface area contributed by atoms with Crippen LogP contribution in [0.15, 0.2) is 12.1 Å². The third kappa shape index (κ3) is 3.83. The monoisotopic (exact) mass is 274 g/mol. The van der Waals surface area contributed by atoms with Crippen LogP contribution in [-0.2, 0) is 0 Å². The number of nitrogens with one attached hydrogen (secondary N) is 1. The minimum Gasteiger partial charge on any atom is -0.310 e. The Balaban J connectivity index is 1.93. The molecular formula is C18H30N2. The number of nitrogens with zero attached hydrogens (tertiary/aromatic N) is 1.